The average molecular weight is 455 g/mol. The van der Waals surface area contributed by atoms with E-state index in [1.165, 1.54) is 0 Å². The SMILES string of the molecule is Cc1nc(-c2ccc(NC(=O)c3ccc(Cl)cc3I)cc2)cs1. The minimum atomic E-state index is -0.150. The van der Waals surface area contributed by atoms with Gasteiger partial charge in [0, 0.05) is 25.2 Å². The molecule has 116 valence electrons. The Morgan fingerprint density at radius 3 is 2.57 bits per heavy atom. The van der Waals surface area contributed by atoms with E-state index in [1.807, 2.05) is 36.6 Å². The normalized spacial score (nSPS) is 10.6. The van der Waals surface area contributed by atoms with E-state index >= 15 is 0 Å². The largest absolute Gasteiger partial charge is 0.322 e. The summed E-state index contributed by atoms with van der Waals surface area (Å²) in [5, 5.41) is 6.58. The Morgan fingerprint density at radius 1 is 1.22 bits per heavy atom. The highest BCUT2D eigenvalue weighted by molar-refractivity contribution is 14.1. The van der Waals surface area contributed by atoms with Crippen molar-refractivity contribution in [2.45, 2.75) is 6.92 Å². The van der Waals surface area contributed by atoms with Crippen LogP contribution in [-0.4, -0.2) is 10.9 Å². The molecule has 0 radical (unpaired) electrons. The minimum absolute atomic E-state index is 0.150. The number of hydrogen-bond acceptors (Lipinski definition) is 3. The third-order valence-corrected chi connectivity index (χ3v) is 5.13. The number of amides is 1. The molecule has 0 saturated heterocycles. The number of thiazole rings is 1. The fraction of sp³-hybridized carbons (Fsp3) is 0.0588. The summed E-state index contributed by atoms with van der Waals surface area (Å²) in [6.45, 7) is 1.98. The first-order valence-corrected chi connectivity index (χ1v) is 9.15. The summed E-state index contributed by atoms with van der Waals surface area (Å²) in [4.78, 5) is 16.8. The molecule has 0 fully saturated rings. The van der Waals surface area contributed by atoms with Gasteiger partial charge in [-0.15, -0.1) is 11.3 Å². The monoisotopic (exact) mass is 454 g/mol. The van der Waals surface area contributed by atoms with Gasteiger partial charge in [0.2, 0.25) is 0 Å². The van der Waals surface area contributed by atoms with Crippen LogP contribution in [0.3, 0.4) is 0 Å². The number of benzene rings is 2. The highest BCUT2D eigenvalue weighted by Crippen LogP contribution is 2.24. The Bertz CT molecular complexity index is 861. The smallest absolute Gasteiger partial charge is 0.256 e. The highest BCUT2D eigenvalue weighted by Gasteiger charge is 2.11. The predicted octanol–water partition coefficient (Wildman–Crippen LogP) is 5.63. The highest BCUT2D eigenvalue weighted by atomic mass is 127. The molecule has 1 aromatic heterocycles. The molecule has 0 aliphatic rings. The number of carbonyl (C=O) groups excluding carboxylic acids is 1. The van der Waals surface area contributed by atoms with Crippen molar-refractivity contribution in [2.75, 3.05) is 5.32 Å². The Kier molecular flexibility index (Phi) is 4.99. The van der Waals surface area contributed by atoms with E-state index in [2.05, 4.69) is 32.9 Å². The summed E-state index contributed by atoms with van der Waals surface area (Å²) in [5.41, 5.74) is 3.34. The van der Waals surface area contributed by atoms with Crippen molar-refractivity contribution in [2.24, 2.45) is 0 Å². The zero-order chi connectivity index (χ0) is 16.4. The predicted molar refractivity (Wildman–Crippen MR) is 104 cm³/mol. The zero-order valence-electron chi connectivity index (χ0n) is 12.1. The Hall–Kier alpha value is -1.44. The van der Waals surface area contributed by atoms with E-state index in [1.54, 1.807) is 29.5 Å². The van der Waals surface area contributed by atoms with Gasteiger partial charge in [0.1, 0.15) is 0 Å². The number of nitrogens with zero attached hydrogens (tertiary/aromatic N) is 1. The van der Waals surface area contributed by atoms with Gasteiger partial charge in [0.25, 0.3) is 5.91 Å². The van der Waals surface area contributed by atoms with Gasteiger partial charge in [0.05, 0.1) is 16.3 Å². The van der Waals surface area contributed by atoms with Gasteiger partial charge in [-0.25, -0.2) is 4.98 Å². The molecule has 6 heteroatoms. The molecule has 1 heterocycles. The standard InChI is InChI=1S/C17H12ClIN2OS/c1-10-20-16(9-23-10)11-2-5-13(6-3-11)21-17(22)14-7-4-12(18)8-15(14)19/h2-9H,1H3,(H,21,22). The molecule has 3 aromatic rings. The van der Waals surface area contributed by atoms with E-state index in [9.17, 15) is 4.79 Å². The maximum absolute atomic E-state index is 12.3. The summed E-state index contributed by atoms with van der Waals surface area (Å²) in [6.07, 6.45) is 0. The van der Waals surface area contributed by atoms with E-state index in [0.717, 1.165) is 25.5 Å². The molecule has 3 nitrogen and oxygen atoms in total. The molecule has 0 atom stereocenters. The molecular weight excluding hydrogens is 443 g/mol. The van der Waals surface area contributed by atoms with Crippen molar-refractivity contribution in [3.05, 3.63) is 67.0 Å². The van der Waals surface area contributed by atoms with Gasteiger partial charge < -0.3 is 5.32 Å². The topological polar surface area (TPSA) is 42.0 Å². The van der Waals surface area contributed by atoms with Gasteiger partial charge in [0.15, 0.2) is 0 Å². The maximum atomic E-state index is 12.3. The zero-order valence-corrected chi connectivity index (χ0v) is 15.9. The van der Waals surface area contributed by atoms with Crippen LogP contribution in [0.25, 0.3) is 11.3 Å². The molecule has 0 saturated carbocycles. The van der Waals surface area contributed by atoms with Crippen LogP contribution >= 0.6 is 45.5 Å². The quantitative estimate of drug-likeness (QED) is 0.521. The molecule has 0 aliphatic heterocycles. The number of halogens is 2. The van der Waals surface area contributed by atoms with Gasteiger partial charge in [-0.3, -0.25) is 4.79 Å². The van der Waals surface area contributed by atoms with E-state index in [4.69, 9.17) is 11.6 Å². The van der Waals surface area contributed by atoms with Crippen LogP contribution in [0.4, 0.5) is 5.69 Å². The number of hydrogen-bond donors (Lipinski definition) is 1. The van der Waals surface area contributed by atoms with E-state index < -0.39 is 0 Å². The number of nitrogens with one attached hydrogen (secondary N) is 1. The van der Waals surface area contributed by atoms with Crippen LogP contribution in [0.2, 0.25) is 5.02 Å². The summed E-state index contributed by atoms with van der Waals surface area (Å²) >= 11 is 9.65. The number of anilines is 1. The Labute approximate surface area is 156 Å². The van der Waals surface area contributed by atoms with Crippen molar-refractivity contribution in [1.82, 2.24) is 4.98 Å². The fourth-order valence-corrected chi connectivity index (χ4v) is 3.83. The number of aromatic nitrogens is 1. The summed E-state index contributed by atoms with van der Waals surface area (Å²) in [7, 11) is 0. The first-order chi connectivity index (χ1) is 11.0. The van der Waals surface area contributed by atoms with Crippen LogP contribution in [0, 0.1) is 10.5 Å². The van der Waals surface area contributed by atoms with Crippen molar-refractivity contribution < 1.29 is 4.79 Å². The van der Waals surface area contributed by atoms with Crippen molar-refractivity contribution >= 4 is 57.1 Å². The Morgan fingerprint density at radius 2 is 1.96 bits per heavy atom. The molecular formula is C17H12ClIN2OS. The van der Waals surface area contributed by atoms with Crippen molar-refractivity contribution in [1.29, 1.82) is 0 Å². The molecule has 1 N–H and O–H groups in total. The molecule has 2 aromatic carbocycles. The van der Waals surface area contributed by atoms with Crippen LogP contribution in [0.15, 0.2) is 47.8 Å². The summed E-state index contributed by atoms with van der Waals surface area (Å²) in [5.74, 6) is -0.150. The lowest BCUT2D eigenvalue weighted by Gasteiger charge is -2.08. The summed E-state index contributed by atoms with van der Waals surface area (Å²) < 4.78 is 0.821. The molecule has 0 spiro atoms. The maximum Gasteiger partial charge on any atom is 0.256 e. The second-order valence-corrected chi connectivity index (χ2v) is 7.57. The number of rotatable bonds is 3. The fourth-order valence-electron chi connectivity index (χ4n) is 2.09. The molecule has 0 aliphatic carbocycles. The van der Waals surface area contributed by atoms with Crippen LogP contribution < -0.4 is 5.32 Å². The minimum Gasteiger partial charge on any atom is -0.322 e. The lowest BCUT2D eigenvalue weighted by molar-refractivity contribution is 0.102. The van der Waals surface area contributed by atoms with E-state index in [-0.39, 0.29) is 5.91 Å². The first kappa shape index (κ1) is 16.4. The molecule has 23 heavy (non-hydrogen) atoms. The van der Waals surface area contributed by atoms with Crippen molar-refractivity contribution in [3.63, 3.8) is 0 Å². The van der Waals surface area contributed by atoms with Crippen LogP contribution in [-0.2, 0) is 0 Å². The molecule has 1 amide bonds. The van der Waals surface area contributed by atoms with Gasteiger partial charge in [-0.2, -0.15) is 0 Å². The number of carbonyl (C=O) groups is 1. The number of aryl methyl sites for hydroxylation is 1. The van der Waals surface area contributed by atoms with Gasteiger partial charge in [-0.1, -0.05) is 23.7 Å². The average Bonchev–Trinajstić information content (AvgIpc) is 2.94. The Balaban J connectivity index is 1.76. The third-order valence-electron chi connectivity index (χ3n) is 3.23. The second-order valence-electron chi connectivity index (χ2n) is 4.91. The first-order valence-electron chi connectivity index (χ1n) is 6.82. The third kappa shape index (κ3) is 3.91. The van der Waals surface area contributed by atoms with E-state index in [0.29, 0.717) is 10.6 Å². The lowest BCUT2D eigenvalue weighted by Crippen LogP contribution is -2.13. The molecule has 0 unspecified atom stereocenters. The van der Waals surface area contributed by atoms with Crippen LogP contribution in [0.5, 0.6) is 0 Å². The van der Waals surface area contributed by atoms with Crippen molar-refractivity contribution in [3.8, 4) is 11.3 Å². The van der Waals surface area contributed by atoms with Gasteiger partial charge >= 0.3 is 0 Å². The lowest BCUT2D eigenvalue weighted by atomic mass is 10.1. The van der Waals surface area contributed by atoms with Gasteiger partial charge in [-0.05, 0) is 59.8 Å². The summed E-state index contributed by atoms with van der Waals surface area (Å²) in [6, 6.07) is 12.9. The molecule has 3 rings (SSSR count). The second kappa shape index (κ2) is 6.98. The van der Waals surface area contributed by atoms with Crippen LogP contribution in [0.1, 0.15) is 15.4 Å². The molecule has 0 bridgehead atoms.